The highest BCUT2D eigenvalue weighted by Crippen LogP contribution is 2.28. The van der Waals surface area contributed by atoms with Crippen LogP contribution in [0.2, 0.25) is 0 Å². The van der Waals surface area contributed by atoms with Gasteiger partial charge in [0.25, 0.3) is 0 Å². The highest BCUT2D eigenvalue weighted by molar-refractivity contribution is 5.36. The maximum Gasteiger partial charge on any atom is 0.387 e. The van der Waals surface area contributed by atoms with Crippen LogP contribution in [-0.4, -0.2) is 11.7 Å². The fourth-order valence-electron chi connectivity index (χ4n) is 1.96. The lowest BCUT2D eigenvalue weighted by Gasteiger charge is -2.15. The van der Waals surface area contributed by atoms with Crippen molar-refractivity contribution in [2.45, 2.75) is 19.1 Å². The van der Waals surface area contributed by atoms with Crippen LogP contribution in [0.4, 0.5) is 13.2 Å². The molecule has 2 aromatic rings. The molecule has 2 aromatic carbocycles. The maximum absolute atomic E-state index is 13.1. The first kappa shape index (κ1) is 14.4. The van der Waals surface area contributed by atoms with Crippen LogP contribution in [0.25, 0.3) is 0 Å². The SMILES string of the molecule is OC(Cc1cccc(F)c1)c1ccccc1OC(F)F. The Bertz CT molecular complexity index is 573. The minimum absolute atomic E-state index is 0.0774. The van der Waals surface area contributed by atoms with Crippen molar-refractivity contribution in [1.29, 1.82) is 0 Å². The summed E-state index contributed by atoms with van der Waals surface area (Å²) in [5.41, 5.74) is 0.821. The molecule has 0 saturated carbocycles. The fraction of sp³-hybridized carbons (Fsp3) is 0.200. The van der Waals surface area contributed by atoms with E-state index >= 15 is 0 Å². The largest absolute Gasteiger partial charge is 0.434 e. The number of hydrogen-bond acceptors (Lipinski definition) is 2. The molecule has 0 aliphatic heterocycles. The van der Waals surface area contributed by atoms with Crippen LogP contribution in [0.5, 0.6) is 5.75 Å². The van der Waals surface area contributed by atoms with Crippen LogP contribution in [-0.2, 0) is 6.42 Å². The molecule has 0 fully saturated rings. The number of benzene rings is 2. The number of ether oxygens (including phenoxy) is 1. The van der Waals surface area contributed by atoms with Gasteiger partial charge in [0.05, 0.1) is 6.10 Å². The molecule has 0 spiro atoms. The molecule has 0 aliphatic carbocycles. The van der Waals surface area contributed by atoms with E-state index in [4.69, 9.17) is 0 Å². The fourth-order valence-corrected chi connectivity index (χ4v) is 1.96. The predicted octanol–water partition coefficient (Wildman–Crippen LogP) is 3.70. The molecule has 5 heteroatoms. The van der Waals surface area contributed by atoms with Crippen LogP contribution in [0.1, 0.15) is 17.2 Å². The van der Waals surface area contributed by atoms with Gasteiger partial charge in [0.2, 0.25) is 0 Å². The number of aliphatic hydroxyl groups is 1. The molecule has 0 aromatic heterocycles. The second-order valence-electron chi connectivity index (χ2n) is 4.27. The third kappa shape index (κ3) is 3.74. The smallest absolute Gasteiger partial charge is 0.387 e. The normalized spacial score (nSPS) is 12.4. The molecule has 0 aliphatic rings. The van der Waals surface area contributed by atoms with Crippen molar-refractivity contribution < 1.29 is 23.0 Å². The Morgan fingerprint density at radius 1 is 1.05 bits per heavy atom. The summed E-state index contributed by atoms with van der Waals surface area (Å²) in [4.78, 5) is 0. The number of rotatable bonds is 5. The molecular weight excluding hydrogens is 269 g/mol. The van der Waals surface area contributed by atoms with E-state index in [1.54, 1.807) is 12.1 Å². The van der Waals surface area contributed by atoms with Crippen LogP contribution in [0, 0.1) is 5.82 Å². The Balaban J connectivity index is 2.18. The zero-order valence-electron chi connectivity index (χ0n) is 10.5. The molecule has 20 heavy (non-hydrogen) atoms. The van der Waals surface area contributed by atoms with Crippen molar-refractivity contribution in [3.8, 4) is 5.75 Å². The van der Waals surface area contributed by atoms with Gasteiger partial charge in [-0.25, -0.2) is 4.39 Å². The van der Waals surface area contributed by atoms with E-state index in [1.807, 2.05) is 0 Å². The van der Waals surface area contributed by atoms with E-state index in [9.17, 15) is 18.3 Å². The molecule has 1 atom stereocenters. The van der Waals surface area contributed by atoms with Gasteiger partial charge in [0, 0.05) is 12.0 Å². The first-order valence-corrected chi connectivity index (χ1v) is 6.02. The third-order valence-corrected chi connectivity index (χ3v) is 2.81. The van der Waals surface area contributed by atoms with Gasteiger partial charge in [0.1, 0.15) is 11.6 Å². The van der Waals surface area contributed by atoms with Gasteiger partial charge in [-0.15, -0.1) is 0 Å². The van der Waals surface area contributed by atoms with Crippen LogP contribution < -0.4 is 4.74 Å². The second-order valence-corrected chi connectivity index (χ2v) is 4.27. The van der Waals surface area contributed by atoms with E-state index in [0.29, 0.717) is 5.56 Å². The Labute approximate surface area is 114 Å². The molecule has 2 nitrogen and oxygen atoms in total. The van der Waals surface area contributed by atoms with Crippen LogP contribution in [0.3, 0.4) is 0 Å². The van der Waals surface area contributed by atoms with Gasteiger partial charge < -0.3 is 9.84 Å². The summed E-state index contributed by atoms with van der Waals surface area (Å²) in [6.07, 6.45) is -0.937. The molecule has 0 saturated heterocycles. The summed E-state index contributed by atoms with van der Waals surface area (Å²) in [5, 5.41) is 10.1. The highest BCUT2D eigenvalue weighted by atomic mass is 19.3. The molecule has 0 heterocycles. The van der Waals surface area contributed by atoms with E-state index in [-0.39, 0.29) is 17.7 Å². The zero-order valence-corrected chi connectivity index (χ0v) is 10.5. The monoisotopic (exact) mass is 282 g/mol. The highest BCUT2D eigenvalue weighted by Gasteiger charge is 2.16. The summed E-state index contributed by atoms with van der Waals surface area (Å²) in [7, 11) is 0. The lowest BCUT2D eigenvalue weighted by Crippen LogP contribution is -2.08. The lowest BCUT2D eigenvalue weighted by molar-refractivity contribution is -0.0515. The topological polar surface area (TPSA) is 29.5 Å². The zero-order chi connectivity index (χ0) is 14.5. The second kappa shape index (κ2) is 6.43. The van der Waals surface area contributed by atoms with Gasteiger partial charge in [-0.1, -0.05) is 30.3 Å². The third-order valence-electron chi connectivity index (χ3n) is 2.81. The van der Waals surface area contributed by atoms with Gasteiger partial charge >= 0.3 is 6.61 Å². The maximum atomic E-state index is 13.1. The number of hydrogen-bond donors (Lipinski definition) is 1. The molecule has 1 unspecified atom stereocenters. The Morgan fingerprint density at radius 2 is 1.80 bits per heavy atom. The predicted molar refractivity (Wildman–Crippen MR) is 68.1 cm³/mol. The Morgan fingerprint density at radius 3 is 2.50 bits per heavy atom. The minimum Gasteiger partial charge on any atom is -0.434 e. The molecule has 0 radical (unpaired) electrons. The van der Waals surface area contributed by atoms with Crippen molar-refractivity contribution >= 4 is 0 Å². The Hall–Kier alpha value is -2.01. The number of para-hydroxylation sites is 1. The van der Waals surface area contributed by atoms with Crippen LogP contribution in [0.15, 0.2) is 48.5 Å². The van der Waals surface area contributed by atoms with E-state index in [1.165, 1.54) is 36.4 Å². The van der Waals surface area contributed by atoms with Gasteiger partial charge in [-0.3, -0.25) is 0 Å². The van der Waals surface area contributed by atoms with Gasteiger partial charge in [0.15, 0.2) is 0 Å². The quantitative estimate of drug-likeness (QED) is 0.906. The van der Waals surface area contributed by atoms with Gasteiger partial charge in [-0.05, 0) is 23.8 Å². The van der Waals surface area contributed by atoms with E-state index in [0.717, 1.165) is 0 Å². The van der Waals surface area contributed by atoms with Crippen molar-refractivity contribution in [2.75, 3.05) is 0 Å². The molecule has 1 N–H and O–H groups in total. The Kier molecular flexibility index (Phi) is 4.63. The average Bonchev–Trinajstić information content (AvgIpc) is 2.38. The molecule has 0 amide bonds. The van der Waals surface area contributed by atoms with Crippen molar-refractivity contribution in [1.82, 2.24) is 0 Å². The van der Waals surface area contributed by atoms with E-state index in [2.05, 4.69) is 4.74 Å². The average molecular weight is 282 g/mol. The number of halogens is 3. The van der Waals surface area contributed by atoms with Crippen molar-refractivity contribution in [2.24, 2.45) is 0 Å². The minimum atomic E-state index is -2.96. The first-order chi connectivity index (χ1) is 9.56. The van der Waals surface area contributed by atoms with Gasteiger partial charge in [-0.2, -0.15) is 8.78 Å². The standard InChI is InChI=1S/C15H13F3O2/c16-11-5-3-4-10(8-11)9-13(19)12-6-1-2-7-14(12)20-15(17)18/h1-8,13,15,19H,9H2. The molecular formula is C15H13F3O2. The van der Waals surface area contributed by atoms with E-state index < -0.39 is 18.5 Å². The van der Waals surface area contributed by atoms with Crippen molar-refractivity contribution in [3.05, 3.63) is 65.5 Å². The first-order valence-electron chi connectivity index (χ1n) is 6.02. The van der Waals surface area contributed by atoms with Crippen LogP contribution >= 0.6 is 0 Å². The molecule has 106 valence electrons. The number of alkyl halides is 2. The van der Waals surface area contributed by atoms with Crippen molar-refractivity contribution in [3.63, 3.8) is 0 Å². The summed E-state index contributed by atoms with van der Waals surface area (Å²) in [6.45, 7) is -2.96. The number of aliphatic hydroxyl groups excluding tert-OH is 1. The molecule has 0 bridgehead atoms. The lowest BCUT2D eigenvalue weighted by atomic mass is 10.0. The summed E-state index contributed by atoms with van der Waals surface area (Å²) >= 11 is 0. The summed E-state index contributed by atoms with van der Waals surface area (Å²) in [6, 6.07) is 11.8. The summed E-state index contributed by atoms with van der Waals surface area (Å²) in [5.74, 6) is -0.488. The molecule has 2 rings (SSSR count). The summed E-state index contributed by atoms with van der Waals surface area (Å²) < 4.78 is 42.0.